The maximum Gasteiger partial charge on any atom is 0.120 e. The molecular weight excluding hydrogens is 817 g/mol. The Morgan fingerprint density at radius 1 is 0.500 bits per heavy atom. The summed E-state index contributed by atoms with van der Waals surface area (Å²) in [5.41, 5.74) is 11.8. The van der Waals surface area contributed by atoms with Gasteiger partial charge in [-0.25, -0.2) is 0 Å². The van der Waals surface area contributed by atoms with Gasteiger partial charge in [-0.2, -0.15) is 0 Å². The molecule has 4 heterocycles. The fourth-order valence-corrected chi connectivity index (χ4v) is 6.75. The first kappa shape index (κ1) is 33.0. The summed E-state index contributed by atoms with van der Waals surface area (Å²) in [6, 6.07) is 59.8. The zero-order valence-corrected chi connectivity index (χ0v) is 30.3. The fourth-order valence-electron chi connectivity index (χ4n) is 6.75. The van der Waals surface area contributed by atoms with Gasteiger partial charge in [0.25, 0.3) is 0 Å². The van der Waals surface area contributed by atoms with Gasteiger partial charge in [-0.3, -0.25) is 0 Å². The first-order valence-corrected chi connectivity index (χ1v) is 16.9. The average molecular weight is 847 g/mol. The Balaban J connectivity index is 0.000000165. The van der Waals surface area contributed by atoms with Gasteiger partial charge in [-0.05, 0) is 52.7 Å². The van der Waals surface area contributed by atoms with Crippen molar-refractivity contribution in [3.05, 3.63) is 193 Å². The van der Waals surface area contributed by atoms with Crippen molar-refractivity contribution >= 4 is 43.9 Å². The van der Waals surface area contributed by atoms with Gasteiger partial charge >= 0.3 is 0 Å². The number of pyridine rings is 2. The van der Waals surface area contributed by atoms with Gasteiger partial charge < -0.3 is 18.8 Å². The Bertz CT molecular complexity index is 2770. The molecule has 0 amide bonds. The monoisotopic (exact) mass is 847 g/mol. The minimum absolute atomic E-state index is 0. The third kappa shape index (κ3) is 6.33. The van der Waals surface area contributed by atoms with Crippen molar-refractivity contribution in [1.29, 1.82) is 0 Å². The molecule has 1 radical (unpaired) electrons. The Morgan fingerprint density at radius 3 is 1.67 bits per heavy atom. The number of aromatic nitrogens is 2. The van der Waals surface area contributed by atoms with Crippen LogP contribution in [-0.2, 0) is 26.5 Å². The van der Waals surface area contributed by atoms with E-state index in [1.165, 1.54) is 16.7 Å². The minimum Gasteiger partial charge on any atom is -0.501 e. The zero-order valence-electron chi connectivity index (χ0n) is 27.9. The van der Waals surface area contributed by atoms with Crippen molar-refractivity contribution in [3.8, 4) is 33.6 Å². The van der Waals surface area contributed by atoms with Gasteiger partial charge in [0.1, 0.15) is 11.2 Å². The number of para-hydroxylation sites is 2. The van der Waals surface area contributed by atoms with E-state index in [1.807, 2.05) is 85.1 Å². The molecule has 0 aliphatic carbocycles. The molecule has 251 valence electrons. The molecule has 0 aliphatic rings. The molecule has 0 spiro atoms. The number of benzene rings is 6. The summed E-state index contributed by atoms with van der Waals surface area (Å²) in [6.07, 6.45) is 4.60. The van der Waals surface area contributed by atoms with Crippen molar-refractivity contribution < 1.29 is 28.9 Å². The van der Waals surface area contributed by atoms with Crippen molar-refractivity contribution in [2.45, 2.75) is 6.42 Å². The van der Waals surface area contributed by atoms with Gasteiger partial charge in [0.15, 0.2) is 0 Å². The number of furan rings is 2. The molecule has 10 aromatic rings. The molecule has 0 saturated carbocycles. The summed E-state index contributed by atoms with van der Waals surface area (Å²) in [7, 11) is 0. The smallest absolute Gasteiger partial charge is 0.120 e. The van der Waals surface area contributed by atoms with Gasteiger partial charge in [0.2, 0.25) is 0 Å². The Kier molecular flexibility index (Phi) is 9.28. The van der Waals surface area contributed by atoms with Crippen molar-refractivity contribution in [3.63, 3.8) is 0 Å². The number of rotatable bonds is 5. The quantitative estimate of drug-likeness (QED) is 0.162. The summed E-state index contributed by atoms with van der Waals surface area (Å²) in [5, 5.41) is 4.44. The van der Waals surface area contributed by atoms with Crippen LogP contribution in [0.3, 0.4) is 0 Å². The van der Waals surface area contributed by atoms with E-state index in [-0.39, 0.29) is 20.1 Å². The summed E-state index contributed by atoms with van der Waals surface area (Å²) >= 11 is 0. The molecule has 4 aromatic heterocycles. The molecule has 4 nitrogen and oxygen atoms in total. The summed E-state index contributed by atoms with van der Waals surface area (Å²) in [4.78, 5) is 9.23. The van der Waals surface area contributed by atoms with Crippen LogP contribution in [-0.4, -0.2) is 9.97 Å². The molecule has 0 saturated heterocycles. The van der Waals surface area contributed by atoms with Crippen LogP contribution in [0.15, 0.2) is 179 Å². The summed E-state index contributed by atoms with van der Waals surface area (Å²) in [6.45, 7) is 0. The predicted molar refractivity (Wildman–Crippen MR) is 206 cm³/mol. The molecular formula is C47H30IrN2O2-2. The van der Waals surface area contributed by atoms with Crippen LogP contribution < -0.4 is 0 Å². The Labute approximate surface area is 314 Å². The van der Waals surface area contributed by atoms with Crippen molar-refractivity contribution in [2.24, 2.45) is 0 Å². The van der Waals surface area contributed by atoms with Crippen LogP contribution in [0.1, 0.15) is 11.1 Å². The van der Waals surface area contributed by atoms with Crippen molar-refractivity contribution in [2.75, 3.05) is 0 Å². The average Bonchev–Trinajstić information content (AvgIpc) is 3.78. The molecule has 0 N–H and O–H groups in total. The van der Waals surface area contributed by atoms with E-state index in [1.54, 1.807) is 6.20 Å². The predicted octanol–water partition coefficient (Wildman–Crippen LogP) is 12.2. The molecule has 52 heavy (non-hydrogen) atoms. The van der Waals surface area contributed by atoms with Crippen molar-refractivity contribution in [1.82, 2.24) is 9.97 Å². The standard InChI is InChI=1S/C30H20NO.C17H10NO.Ir/c1-3-10-21(11-4-1)18-23-19-28(31-20-27(23)22-12-5-2-6-13-22)26-16-9-15-25-24-14-7-8-17-29(24)32-30(25)26;1-2-10-16-12(6-1)13-7-5-8-14(17(13)19-16)15-9-3-4-11-18-15;/h1-15,17,19-20H,18H2;1-7,9-11H;/q2*-1;. The SMILES string of the molecule is [Ir].[c-]1ccc2c(oc3ccccc32)c1-c1cc(Cc2ccccc2)c(-c2ccccc2)cn1.[c-]1ccc2c(oc3ccccc32)c1-c1ccccn1. The van der Waals surface area contributed by atoms with E-state index >= 15 is 0 Å². The topological polar surface area (TPSA) is 52.1 Å². The van der Waals surface area contributed by atoms with Crippen LogP contribution in [0.25, 0.3) is 77.5 Å². The van der Waals surface area contributed by atoms with Gasteiger partial charge in [-0.1, -0.05) is 137 Å². The van der Waals surface area contributed by atoms with E-state index in [0.29, 0.717) is 0 Å². The molecule has 6 aromatic carbocycles. The number of nitrogens with zero attached hydrogens (tertiary/aromatic N) is 2. The molecule has 0 unspecified atom stereocenters. The fraction of sp³-hybridized carbons (Fsp3) is 0.0213. The van der Waals surface area contributed by atoms with E-state index in [4.69, 9.17) is 13.8 Å². The van der Waals surface area contributed by atoms with Gasteiger partial charge in [-0.15, -0.1) is 36.4 Å². The van der Waals surface area contributed by atoms with E-state index in [9.17, 15) is 0 Å². The van der Waals surface area contributed by atoms with E-state index < -0.39 is 0 Å². The second kappa shape index (κ2) is 14.6. The largest absolute Gasteiger partial charge is 0.501 e. The van der Waals surface area contributed by atoms with Crippen LogP contribution in [0.5, 0.6) is 0 Å². The molecule has 0 bridgehead atoms. The molecule has 5 heteroatoms. The molecule has 10 rings (SSSR count). The third-order valence-corrected chi connectivity index (χ3v) is 9.17. The zero-order chi connectivity index (χ0) is 34.0. The van der Waals surface area contributed by atoms with Gasteiger partial charge in [0, 0.05) is 48.8 Å². The number of hydrogen-bond donors (Lipinski definition) is 0. The van der Waals surface area contributed by atoms with Crippen LogP contribution in [0, 0.1) is 12.1 Å². The normalized spacial score (nSPS) is 11.0. The molecule has 0 atom stereocenters. The maximum atomic E-state index is 6.24. The van der Waals surface area contributed by atoms with Crippen LogP contribution in [0.4, 0.5) is 0 Å². The van der Waals surface area contributed by atoms with Gasteiger partial charge in [0.05, 0.1) is 11.2 Å². The first-order chi connectivity index (χ1) is 25.3. The Hall–Kier alpha value is -6.13. The summed E-state index contributed by atoms with van der Waals surface area (Å²) < 4.78 is 12.2. The van der Waals surface area contributed by atoms with Crippen LogP contribution >= 0.6 is 0 Å². The third-order valence-electron chi connectivity index (χ3n) is 9.17. The number of fused-ring (bicyclic) bond motifs is 6. The van der Waals surface area contributed by atoms with Crippen LogP contribution in [0.2, 0.25) is 0 Å². The number of hydrogen-bond acceptors (Lipinski definition) is 4. The minimum atomic E-state index is 0. The second-order valence-electron chi connectivity index (χ2n) is 12.4. The van der Waals surface area contributed by atoms with E-state index in [0.717, 1.165) is 78.4 Å². The molecule has 0 fully saturated rings. The Morgan fingerprint density at radius 2 is 1.06 bits per heavy atom. The first-order valence-electron chi connectivity index (χ1n) is 16.9. The maximum absolute atomic E-state index is 6.24. The summed E-state index contributed by atoms with van der Waals surface area (Å²) in [5.74, 6) is 0. The molecule has 0 aliphatic heterocycles. The van der Waals surface area contributed by atoms with E-state index in [2.05, 4.69) is 96.0 Å². The second-order valence-corrected chi connectivity index (χ2v) is 12.4.